The minimum atomic E-state index is -0.455. The van der Waals surface area contributed by atoms with E-state index in [1.165, 1.54) is 17.4 Å². The maximum atomic E-state index is 14.4. The van der Waals surface area contributed by atoms with Crippen molar-refractivity contribution in [2.45, 2.75) is 25.3 Å². The summed E-state index contributed by atoms with van der Waals surface area (Å²) in [7, 11) is 0. The van der Waals surface area contributed by atoms with Crippen LogP contribution in [0.1, 0.15) is 29.3 Å². The molecule has 1 atom stereocenters. The van der Waals surface area contributed by atoms with Crippen LogP contribution in [0.3, 0.4) is 0 Å². The maximum absolute atomic E-state index is 14.4. The van der Waals surface area contributed by atoms with Gasteiger partial charge in [-0.05, 0) is 43.5 Å². The van der Waals surface area contributed by atoms with Gasteiger partial charge in [0.15, 0.2) is 5.17 Å². The molecule has 0 saturated heterocycles. The molecule has 3 N–H and O–H groups in total. The third kappa shape index (κ3) is 3.91. The van der Waals surface area contributed by atoms with Gasteiger partial charge in [-0.1, -0.05) is 36.0 Å². The van der Waals surface area contributed by atoms with Gasteiger partial charge in [-0.15, -0.1) is 11.3 Å². The largest absolute Gasteiger partial charge is 0.379 e. The zero-order valence-corrected chi connectivity index (χ0v) is 17.0. The first kappa shape index (κ1) is 19.0. The number of thiophene rings is 1. The third-order valence-electron chi connectivity index (χ3n) is 4.86. The molecule has 1 amide bonds. The average Bonchev–Trinajstić information content (AvgIpc) is 3.08. The van der Waals surface area contributed by atoms with Crippen LogP contribution in [0.25, 0.3) is 10.1 Å². The molecule has 0 fully saturated rings. The molecule has 0 aliphatic carbocycles. The Labute approximate surface area is 171 Å². The van der Waals surface area contributed by atoms with E-state index in [1.54, 1.807) is 29.3 Å². The number of benzene rings is 2. The summed E-state index contributed by atoms with van der Waals surface area (Å²) in [6.45, 7) is 2.05. The monoisotopic (exact) mass is 413 g/mol. The van der Waals surface area contributed by atoms with Crippen LogP contribution in [0, 0.1) is 5.82 Å². The second kappa shape index (κ2) is 7.56. The number of hydrogen-bond acceptors (Lipinski definition) is 5. The summed E-state index contributed by atoms with van der Waals surface area (Å²) in [6.07, 6.45) is 1.54. The molecule has 2 aromatic carbocycles. The van der Waals surface area contributed by atoms with Crippen LogP contribution >= 0.6 is 23.1 Å². The zero-order chi connectivity index (χ0) is 19.7. The molecule has 0 radical (unpaired) electrons. The van der Waals surface area contributed by atoms with E-state index >= 15 is 0 Å². The summed E-state index contributed by atoms with van der Waals surface area (Å²) in [5, 5.41) is 6.00. The normalized spacial score (nSPS) is 19.4. The Hall–Kier alpha value is -2.38. The van der Waals surface area contributed by atoms with Crippen LogP contribution in [0.15, 0.2) is 52.8 Å². The number of hydrogen-bond donors (Lipinski definition) is 2. The molecule has 28 heavy (non-hydrogen) atoms. The van der Waals surface area contributed by atoms with E-state index in [0.29, 0.717) is 17.2 Å². The summed E-state index contributed by atoms with van der Waals surface area (Å²) in [5.74, 6) is 0.155. The number of thioether (sulfide) groups is 1. The lowest BCUT2D eigenvalue weighted by molar-refractivity contribution is 0.102. The Bertz CT molecular complexity index is 1080. The van der Waals surface area contributed by atoms with E-state index in [-0.39, 0.29) is 17.1 Å². The minimum absolute atomic E-state index is 0.184. The van der Waals surface area contributed by atoms with Crippen molar-refractivity contribution in [3.05, 3.63) is 64.8 Å². The van der Waals surface area contributed by atoms with Gasteiger partial charge in [-0.3, -0.25) is 9.79 Å². The Morgan fingerprint density at radius 3 is 2.96 bits per heavy atom. The van der Waals surface area contributed by atoms with Gasteiger partial charge >= 0.3 is 0 Å². The van der Waals surface area contributed by atoms with Crippen LogP contribution in [-0.2, 0) is 6.42 Å². The maximum Gasteiger partial charge on any atom is 0.257 e. The number of amides is 1. The van der Waals surface area contributed by atoms with Crippen molar-refractivity contribution in [2.75, 3.05) is 11.1 Å². The van der Waals surface area contributed by atoms with Crippen molar-refractivity contribution >= 4 is 49.9 Å². The van der Waals surface area contributed by atoms with Gasteiger partial charge in [0.25, 0.3) is 5.91 Å². The Morgan fingerprint density at radius 2 is 2.14 bits per heavy atom. The highest BCUT2D eigenvalue weighted by molar-refractivity contribution is 8.13. The molecule has 144 valence electrons. The highest BCUT2D eigenvalue weighted by atomic mass is 32.2. The Morgan fingerprint density at radius 1 is 1.32 bits per heavy atom. The lowest BCUT2D eigenvalue weighted by Gasteiger charge is -2.29. The molecule has 2 heterocycles. The van der Waals surface area contributed by atoms with Gasteiger partial charge in [-0.25, -0.2) is 4.39 Å². The highest BCUT2D eigenvalue weighted by Crippen LogP contribution is 2.31. The van der Waals surface area contributed by atoms with E-state index in [2.05, 4.69) is 17.2 Å². The highest BCUT2D eigenvalue weighted by Gasteiger charge is 2.28. The van der Waals surface area contributed by atoms with Gasteiger partial charge in [0.05, 0.1) is 16.8 Å². The summed E-state index contributed by atoms with van der Waals surface area (Å²) in [4.78, 5) is 17.3. The fraction of sp³-hybridized carbons (Fsp3) is 0.238. The number of carbonyl (C=O) groups is 1. The number of anilines is 1. The first-order valence-corrected chi connectivity index (χ1v) is 10.8. The number of aliphatic imine (C=N–C) groups is 1. The molecule has 0 saturated carbocycles. The predicted octanol–water partition coefficient (Wildman–Crippen LogP) is 5.05. The first-order chi connectivity index (χ1) is 13.4. The van der Waals surface area contributed by atoms with Crippen LogP contribution in [0.4, 0.5) is 10.1 Å². The predicted molar refractivity (Wildman–Crippen MR) is 117 cm³/mol. The molecule has 0 spiro atoms. The molecule has 1 aromatic heterocycles. The molecule has 1 aliphatic heterocycles. The van der Waals surface area contributed by atoms with Gasteiger partial charge in [0.1, 0.15) is 5.82 Å². The van der Waals surface area contributed by atoms with Crippen LogP contribution in [-0.4, -0.2) is 22.4 Å². The van der Waals surface area contributed by atoms with Crippen LogP contribution in [0.2, 0.25) is 0 Å². The molecule has 4 nitrogen and oxygen atoms in total. The van der Waals surface area contributed by atoms with E-state index in [0.717, 1.165) is 27.8 Å². The average molecular weight is 414 g/mol. The smallest absolute Gasteiger partial charge is 0.257 e. The molecule has 4 rings (SSSR count). The number of carbonyl (C=O) groups excluding carboxylic acids is 1. The number of rotatable bonds is 4. The molecule has 7 heteroatoms. The third-order valence-corrected chi connectivity index (χ3v) is 6.62. The van der Waals surface area contributed by atoms with Crippen molar-refractivity contribution in [1.82, 2.24) is 0 Å². The SMILES string of the molecule is CC1(Cc2ccc(F)c(NC(=O)c3csc4ccccc34)c2)CCSC(N)=N1. The number of nitrogens with two attached hydrogens (primary N) is 1. The number of fused-ring (bicyclic) bond motifs is 1. The Balaban J connectivity index is 1.57. The lowest BCUT2D eigenvalue weighted by Crippen LogP contribution is -2.33. The van der Waals surface area contributed by atoms with Crippen molar-refractivity contribution < 1.29 is 9.18 Å². The van der Waals surface area contributed by atoms with E-state index in [1.807, 2.05) is 24.3 Å². The molecule has 1 aliphatic rings. The second-order valence-corrected chi connectivity index (χ2v) is 9.16. The zero-order valence-electron chi connectivity index (χ0n) is 15.4. The number of amidine groups is 1. The molecule has 0 bridgehead atoms. The van der Waals surface area contributed by atoms with Gasteiger partial charge in [-0.2, -0.15) is 0 Å². The van der Waals surface area contributed by atoms with Gasteiger partial charge in [0, 0.05) is 21.2 Å². The molecule has 3 aromatic rings. The van der Waals surface area contributed by atoms with Crippen molar-refractivity contribution in [2.24, 2.45) is 10.7 Å². The summed E-state index contributed by atoms with van der Waals surface area (Å²) in [6, 6.07) is 12.5. The quantitative estimate of drug-likeness (QED) is 0.629. The van der Waals surface area contributed by atoms with E-state index in [4.69, 9.17) is 5.73 Å². The minimum Gasteiger partial charge on any atom is -0.379 e. The number of nitrogens with one attached hydrogen (secondary N) is 1. The lowest BCUT2D eigenvalue weighted by atomic mass is 9.90. The van der Waals surface area contributed by atoms with Crippen LogP contribution < -0.4 is 11.1 Å². The number of nitrogens with zero attached hydrogens (tertiary/aromatic N) is 1. The second-order valence-electron chi connectivity index (χ2n) is 7.14. The van der Waals surface area contributed by atoms with Crippen molar-refractivity contribution in [1.29, 1.82) is 0 Å². The first-order valence-electron chi connectivity index (χ1n) is 8.98. The van der Waals surface area contributed by atoms with Gasteiger partial charge in [0.2, 0.25) is 0 Å². The van der Waals surface area contributed by atoms with E-state index in [9.17, 15) is 9.18 Å². The fourth-order valence-electron chi connectivity index (χ4n) is 3.42. The molecule has 1 unspecified atom stereocenters. The summed E-state index contributed by atoms with van der Waals surface area (Å²) in [5.41, 5.74) is 7.23. The van der Waals surface area contributed by atoms with Crippen molar-refractivity contribution in [3.63, 3.8) is 0 Å². The van der Waals surface area contributed by atoms with Crippen molar-refractivity contribution in [3.8, 4) is 0 Å². The van der Waals surface area contributed by atoms with Crippen LogP contribution in [0.5, 0.6) is 0 Å². The van der Waals surface area contributed by atoms with E-state index < -0.39 is 5.82 Å². The summed E-state index contributed by atoms with van der Waals surface area (Å²) >= 11 is 3.06. The summed E-state index contributed by atoms with van der Waals surface area (Å²) < 4.78 is 15.4. The standard InChI is InChI=1S/C21H20FN3OS2/c1-21(8-9-27-20(23)25-21)11-13-6-7-16(22)17(10-13)24-19(26)15-12-28-18-5-3-2-4-14(15)18/h2-7,10,12H,8-9,11H2,1H3,(H2,23,25)(H,24,26). The van der Waals surface area contributed by atoms with Gasteiger partial charge < -0.3 is 11.1 Å². The molecular formula is C21H20FN3OS2. The fourth-order valence-corrected chi connectivity index (χ4v) is 5.40. The molecular weight excluding hydrogens is 393 g/mol. The number of halogens is 1. The topological polar surface area (TPSA) is 67.5 Å². The Kier molecular flexibility index (Phi) is 5.12.